The fourth-order valence-corrected chi connectivity index (χ4v) is 2.77. The summed E-state index contributed by atoms with van der Waals surface area (Å²) >= 11 is 0. The van der Waals surface area contributed by atoms with E-state index in [9.17, 15) is 26.3 Å². The van der Waals surface area contributed by atoms with E-state index in [1.54, 1.807) is 6.92 Å². The van der Waals surface area contributed by atoms with E-state index in [2.05, 4.69) is 6.58 Å². The lowest BCUT2D eigenvalue weighted by Crippen LogP contribution is -2.34. The van der Waals surface area contributed by atoms with Crippen LogP contribution in [-0.4, -0.2) is 37.5 Å². The molecule has 0 aliphatic carbocycles. The van der Waals surface area contributed by atoms with Crippen LogP contribution in [-0.2, 0) is 6.42 Å². The Bertz CT molecular complexity index is 625. The Labute approximate surface area is 162 Å². The molecule has 0 spiro atoms. The van der Waals surface area contributed by atoms with Crippen LogP contribution in [0.15, 0.2) is 30.5 Å². The first-order valence-corrected chi connectivity index (χ1v) is 9.13. The summed E-state index contributed by atoms with van der Waals surface area (Å²) in [5, 5.41) is 0. The highest BCUT2D eigenvalue weighted by Crippen LogP contribution is 2.47. The fourth-order valence-electron chi connectivity index (χ4n) is 2.77. The number of allylic oxidation sites excluding steroid dienone is 1. The number of benzene rings is 1. The molecule has 0 amide bonds. The van der Waals surface area contributed by atoms with Gasteiger partial charge in [0.2, 0.25) is 0 Å². The van der Waals surface area contributed by atoms with E-state index in [-0.39, 0.29) is 0 Å². The monoisotopic (exact) mass is 411 g/mol. The highest BCUT2D eigenvalue weighted by Gasteiger charge is 2.57. The quantitative estimate of drug-likeness (QED) is 0.323. The molecule has 160 valence electrons. The van der Waals surface area contributed by atoms with Crippen LogP contribution < -0.4 is 4.74 Å². The summed E-state index contributed by atoms with van der Waals surface area (Å²) in [6.07, 6.45) is -8.36. The summed E-state index contributed by atoms with van der Waals surface area (Å²) in [7, 11) is 1.92. The predicted molar refractivity (Wildman–Crippen MR) is 97.5 cm³/mol. The van der Waals surface area contributed by atoms with Crippen molar-refractivity contribution in [2.75, 3.05) is 20.2 Å². The van der Waals surface area contributed by atoms with Crippen molar-refractivity contribution in [1.29, 1.82) is 0 Å². The number of halogens is 6. The van der Waals surface area contributed by atoms with Gasteiger partial charge in [0, 0.05) is 19.3 Å². The molecule has 1 aromatic rings. The molecule has 0 atom stereocenters. The molecule has 8 heteroatoms. The van der Waals surface area contributed by atoms with Gasteiger partial charge in [-0.25, -0.2) is 0 Å². The topological polar surface area (TPSA) is 12.5 Å². The first-order valence-electron chi connectivity index (χ1n) is 9.13. The average Bonchev–Trinajstić information content (AvgIpc) is 2.53. The van der Waals surface area contributed by atoms with E-state index in [1.807, 2.05) is 18.9 Å². The van der Waals surface area contributed by atoms with Crippen LogP contribution in [0, 0.1) is 0 Å². The molecule has 1 aromatic carbocycles. The Hall–Kier alpha value is -1.86. The number of unbranched alkanes of at least 4 members (excludes halogenated alkanes) is 1. The van der Waals surface area contributed by atoms with Gasteiger partial charge in [-0.3, -0.25) is 0 Å². The molecular formula is C20H27F6NO. The third-order valence-electron chi connectivity index (χ3n) is 4.39. The Morgan fingerprint density at radius 3 is 2.21 bits per heavy atom. The van der Waals surface area contributed by atoms with Crippen LogP contribution in [0.1, 0.15) is 50.2 Å². The maximum atomic E-state index is 13.0. The summed E-state index contributed by atoms with van der Waals surface area (Å²) in [4.78, 5) is 1.99. The zero-order valence-corrected chi connectivity index (χ0v) is 16.4. The van der Waals surface area contributed by atoms with Crippen molar-refractivity contribution in [3.8, 4) is 5.75 Å². The normalized spacial score (nSPS) is 12.4. The van der Waals surface area contributed by atoms with Gasteiger partial charge in [0.1, 0.15) is 5.75 Å². The minimum absolute atomic E-state index is 0.335. The van der Waals surface area contributed by atoms with Gasteiger partial charge in [-0.15, -0.1) is 0 Å². The summed E-state index contributed by atoms with van der Waals surface area (Å²) in [5.74, 6) is -3.16. The van der Waals surface area contributed by atoms with Crippen LogP contribution in [0.2, 0.25) is 0 Å². The molecule has 0 aromatic heterocycles. The van der Waals surface area contributed by atoms with Crippen molar-refractivity contribution < 1.29 is 31.1 Å². The highest BCUT2D eigenvalue weighted by atomic mass is 19.4. The Morgan fingerprint density at radius 1 is 1.11 bits per heavy atom. The van der Waals surface area contributed by atoms with E-state index in [0.717, 1.165) is 30.8 Å². The molecule has 1 rings (SSSR count). The summed E-state index contributed by atoms with van der Waals surface area (Å²) in [5.41, 5.74) is 0.488. The molecule has 0 aliphatic heterocycles. The van der Waals surface area contributed by atoms with Gasteiger partial charge in [0.25, 0.3) is 0 Å². The van der Waals surface area contributed by atoms with Gasteiger partial charge in [0.05, 0.1) is 6.61 Å². The second kappa shape index (κ2) is 10.1. The van der Waals surface area contributed by atoms with E-state index >= 15 is 0 Å². The average molecular weight is 411 g/mol. The van der Waals surface area contributed by atoms with Gasteiger partial charge in [-0.05, 0) is 43.4 Å². The summed E-state index contributed by atoms with van der Waals surface area (Å²) in [6.45, 7) is 8.64. The third kappa shape index (κ3) is 7.28. The van der Waals surface area contributed by atoms with E-state index in [0.29, 0.717) is 37.2 Å². The van der Waals surface area contributed by atoms with Gasteiger partial charge >= 0.3 is 12.4 Å². The maximum absolute atomic E-state index is 13.0. The van der Waals surface area contributed by atoms with Crippen molar-refractivity contribution in [2.24, 2.45) is 0 Å². The number of rotatable bonds is 10. The van der Waals surface area contributed by atoms with Crippen LogP contribution in [0.5, 0.6) is 5.75 Å². The molecule has 0 bridgehead atoms. The molecule has 0 saturated carbocycles. The first kappa shape index (κ1) is 24.2. The van der Waals surface area contributed by atoms with Gasteiger partial charge in [0.15, 0.2) is 5.92 Å². The SMILES string of the molecule is C=C(C)N(C)CCCCOc1ccc(C(C(F)(F)F)C(F)(F)F)cc1CCC. The molecule has 0 saturated heterocycles. The molecule has 0 aliphatic rings. The van der Waals surface area contributed by atoms with Crippen molar-refractivity contribution in [1.82, 2.24) is 4.90 Å². The second-order valence-electron chi connectivity index (χ2n) is 6.85. The number of ether oxygens (including phenoxy) is 1. The van der Waals surface area contributed by atoms with Crippen molar-refractivity contribution in [2.45, 2.75) is 57.8 Å². The number of aryl methyl sites for hydroxylation is 1. The molecule has 28 heavy (non-hydrogen) atoms. The second-order valence-corrected chi connectivity index (χ2v) is 6.85. The van der Waals surface area contributed by atoms with Crippen LogP contribution >= 0.6 is 0 Å². The number of nitrogens with zero attached hydrogens (tertiary/aromatic N) is 1. The molecule has 0 radical (unpaired) electrons. The fraction of sp³-hybridized carbons (Fsp3) is 0.600. The summed E-state index contributed by atoms with van der Waals surface area (Å²) in [6, 6.07) is 3.04. The lowest BCUT2D eigenvalue weighted by atomic mass is 9.94. The molecular weight excluding hydrogens is 384 g/mol. The standard InChI is InChI=1S/C20H27F6NO/c1-5-8-15-13-16(18(19(21,22)23)20(24,25)26)9-10-17(15)28-12-7-6-11-27(4)14(2)3/h9-10,13,18H,2,5-8,11-12H2,1,3-4H3. The predicted octanol–water partition coefficient (Wildman–Crippen LogP) is 6.47. The van der Waals surface area contributed by atoms with Gasteiger partial charge in [-0.1, -0.05) is 32.1 Å². The molecule has 0 N–H and O–H groups in total. The van der Waals surface area contributed by atoms with E-state index in [1.165, 1.54) is 6.07 Å². The summed E-state index contributed by atoms with van der Waals surface area (Å²) < 4.78 is 83.4. The zero-order chi connectivity index (χ0) is 21.5. The Balaban J connectivity index is 2.88. The van der Waals surface area contributed by atoms with Crippen molar-refractivity contribution in [3.63, 3.8) is 0 Å². The Morgan fingerprint density at radius 2 is 1.71 bits per heavy atom. The highest BCUT2D eigenvalue weighted by molar-refractivity contribution is 5.39. The van der Waals surface area contributed by atoms with E-state index in [4.69, 9.17) is 4.74 Å². The lowest BCUT2D eigenvalue weighted by Gasteiger charge is -2.24. The van der Waals surface area contributed by atoms with Crippen molar-refractivity contribution >= 4 is 0 Å². The lowest BCUT2D eigenvalue weighted by molar-refractivity contribution is -0.253. The minimum atomic E-state index is -5.40. The minimum Gasteiger partial charge on any atom is -0.493 e. The molecule has 0 fully saturated rings. The van der Waals surface area contributed by atoms with Crippen molar-refractivity contribution in [3.05, 3.63) is 41.6 Å². The maximum Gasteiger partial charge on any atom is 0.404 e. The van der Waals surface area contributed by atoms with Crippen LogP contribution in [0.25, 0.3) is 0 Å². The van der Waals surface area contributed by atoms with Gasteiger partial charge < -0.3 is 9.64 Å². The largest absolute Gasteiger partial charge is 0.493 e. The smallest absolute Gasteiger partial charge is 0.404 e. The number of alkyl halides is 6. The Kier molecular flexibility index (Phi) is 8.70. The van der Waals surface area contributed by atoms with Gasteiger partial charge in [-0.2, -0.15) is 26.3 Å². The molecule has 0 heterocycles. The zero-order valence-electron chi connectivity index (χ0n) is 16.4. The molecule has 0 unspecified atom stereocenters. The first-order chi connectivity index (χ1) is 12.9. The van der Waals surface area contributed by atoms with Crippen LogP contribution in [0.3, 0.4) is 0 Å². The third-order valence-corrected chi connectivity index (χ3v) is 4.39. The van der Waals surface area contributed by atoms with E-state index < -0.39 is 23.8 Å². The number of hydrogen-bond donors (Lipinski definition) is 0. The number of hydrogen-bond acceptors (Lipinski definition) is 2. The molecule has 2 nitrogen and oxygen atoms in total. The van der Waals surface area contributed by atoms with Crippen LogP contribution in [0.4, 0.5) is 26.3 Å².